The maximum Gasteiger partial charge on any atom is 0.261 e. The van der Waals surface area contributed by atoms with Crippen molar-refractivity contribution in [2.24, 2.45) is 0 Å². The number of nitrogens with one attached hydrogen (secondary N) is 1. The van der Waals surface area contributed by atoms with Crippen LogP contribution in [0.3, 0.4) is 0 Å². The lowest BCUT2D eigenvalue weighted by atomic mass is 9.99. The van der Waals surface area contributed by atoms with Gasteiger partial charge in [0.2, 0.25) is 0 Å². The number of hydrogen-bond donors (Lipinski definition) is 3. The van der Waals surface area contributed by atoms with Crippen LogP contribution in [0.15, 0.2) is 11.6 Å². The van der Waals surface area contributed by atoms with Crippen LogP contribution < -0.4 is 5.43 Å². The summed E-state index contributed by atoms with van der Waals surface area (Å²) >= 11 is 0. The van der Waals surface area contributed by atoms with Crippen LogP contribution in [0.25, 0.3) is 0 Å². The van der Waals surface area contributed by atoms with Crippen LogP contribution in [0.4, 0.5) is 0 Å². The minimum atomic E-state index is -0.925. The van der Waals surface area contributed by atoms with Crippen LogP contribution >= 0.6 is 0 Å². The summed E-state index contributed by atoms with van der Waals surface area (Å²) in [5.74, 6) is -0.126. The van der Waals surface area contributed by atoms with E-state index < -0.39 is 12.6 Å². The molecule has 0 spiro atoms. The Kier molecular flexibility index (Phi) is 5.10. The van der Waals surface area contributed by atoms with Gasteiger partial charge in [-0.3, -0.25) is 10.2 Å². The molecule has 0 radical (unpaired) electrons. The van der Waals surface area contributed by atoms with Crippen molar-refractivity contribution >= 4 is 5.91 Å². The third-order valence-corrected chi connectivity index (χ3v) is 4.70. The minimum Gasteiger partial charge on any atom is -0.377 e. The Labute approximate surface area is 131 Å². The molecule has 0 bridgehead atoms. The van der Waals surface area contributed by atoms with E-state index in [1.54, 1.807) is 10.0 Å². The number of aliphatic hydroxyl groups excluding tert-OH is 2. The summed E-state index contributed by atoms with van der Waals surface area (Å²) in [5.41, 5.74) is 3.63. The van der Waals surface area contributed by atoms with Crippen molar-refractivity contribution in [3.8, 4) is 0 Å². The zero-order valence-corrected chi connectivity index (χ0v) is 12.9. The Morgan fingerprint density at radius 2 is 1.86 bits per heavy atom. The van der Waals surface area contributed by atoms with Crippen LogP contribution in [-0.4, -0.2) is 63.4 Å². The van der Waals surface area contributed by atoms with E-state index >= 15 is 0 Å². The molecule has 2 heterocycles. The highest BCUT2D eigenvalue weighted by Gasteiger charge is 2.37. The molecule has 22 heavy (non-hydrogen) atoms. The molecule has 124 valence electrons. The fourth-order valence-corrected chi connectivity index (χ4v) is 3.41. The molecule has 3 rings (SSSR count). The third kappa shape index (κ3) is 3.33. The molecule has 0 saturated carbocycles. The maximum absolute atomic E-state index is 12.3. The van der Waals surface area contributed by atoms with Crippen molar-refractivity contribution in [3.05, 3.63) is 11.6 Å². The molecule has 2 atom stereocenters. The van der Waals surface area contributed by atoms with Gasteiger partial charge in [-0.25, -0.2) is 5.01 Å². The Bertz CT molecular complexity index is 443. The summed E-state index contributed by atoms with van der Waals surface area (Å²) in [5, 5.41) is 25.9. The molecule has 0 aromatic heterocycles. The molecule has 0 aromatic carbocycles. The van der Waals surface area contributed by atoms with E-state index in [-0.39, 0.29) is 5.91 Å². The van der Waals surface area contributed by atoms with Gasteiger partial charge in [0, 0.05) is 31.6 Å². The van der Waals surface area contributed by atoms with Crippen LogP contribution in [-0.2, 0) is 4.79 Å². The minimum absolute atomic E-state index is 0.126. The van der Waals surface area contributed by atoms with E-state index in [1.165, 1.54) is 0 Å². The standard InChI is InChI=1S/C15H26N4O3/c20-13-8-11-17(15(22)19-10-5-4-9-18(13)19)16-14(21)12-6-2-1-3-7-12/h6,13,15,20,22H,1-5,7-11H2,(H,16,21). The number of aliphatic hydroxyl groups is 2. The number of carbonyl (C=O) groups is 1. The fraction of sp³-hybridized carbons (Fsp3) is 0.800. The van der Waals surface area contributed by atoms with Gasteiger partial charge in [0.05, 0.1) is 0 Å². The first-order valence-electron chi connectivity index (χ1n) is 8.33. The zero-order chi connectivity index (χ0) is 15.5. The monoisotopic (exact) mass is 310 g/mol. The number of carbonyl (C=O) groups excluding carboxylic acids is 1. The summed E-state index contributed by atoms with van der Waals surface area (Å²) < 4.78 is 0. The number of fused-ring (bicyclic) bond motifs is 1. The highest BCUT2D eigenvalue weighted by atomic mass is 16.3. The van der Waals surface area contributed by atoms with Crippen LogP contribution in [0.1, 0.15) is 44.9 Å². The van der Waals surface area contributed by atoms with E-state index in [1.807, 2.05) is 11.1 Å². The smallest absolute Gasteiger partial charge is 0.261 e. The first kappa shape index (κ1) is 15.9. The van der Waals surface area contributed by atoms with Crippen molar-refractivity contribution in [2.75, 3.05) is 19.6 Å². The molecule has 2 fully saturated rings. The molecule has 3 N–H and O–H groups in total. The van der Waals surface area contributed by atoms with E-state index in [0.717, 1.165) is 50.6 Å². The van der Waals surface area contributed by atoms with Crippen LogP contribution in [0, 0.1) is 0 Å². The average molecular weight is 310 g/mol. The molecule has 2 aliphatic heterocycles. The Morgan fingerprint density at radius 3 is 2.59 bits per heavy atom. The van der Waals surface area contributed by atoms with E-state index in [2.05, 4.69) is 5.43 Å². The first-order valence-corrected chi connectivity index (χ1v) is 8.33. The number of nitrogens with zero attached hydrogens (tertiary/aromatic N) is 3. The van der Waals surface area contributed by atoms with E-state index in [0.29, 0.717) is 19.5 Å². The predicted octanol–water partition coefficient (Wildman–Crippen LogP) is 0.131. The summed E-state index contributed by atoms with van der Waals surface area (Å²) in [6.45, 7) is 1.85. The van der Waals surface area contributed by atoms with E-state index in [4.69, 9.17) is 0 Å². The lowest BCUT2D eigenvalue weighted by Crippen LogP contribution is -2.61. The fourth-order valence-electron chi connectivity index (χ4n) is 3.41. The number of allylic oxidation sites excluding steroid dienone is 1. The highest BCUT2D eigenvalue weighted by Crippen LogP contribution is 2.22. The van der Waals surface area contributed by atoms with Crippen molar-refractivity contribution in [1.29, 1.82) is 0 Å². The molecular weight excluding hydrogens is 284 g/mol. The van der Waals surface area contributed by atoms with Gasteiger partial charge in [0.25, 0.3) is 5.91 Å². The lowest BCUT2D eigenvalue weighted by molar-refractivity contribution is -0.244. The number of hydrazine groups is 2. The molecular formula is C15H26N4O3. The first-order chi connectivity index (χ1) is 10.7. The molecule has 3 aliphatic rings. The summed E-state index contributed by atoms with van der Waals surface area (Å²) in [6, 6.07) is 0. The van der Waals surface area contributed by atoms with Gasteiger partial charge in [-0.05, 0) is 38.5 Å². The third-order valence-electron chi connectivity index (χ3n) is 4.70. The number of hydrogen-bond acceptors (Lipinski definition) is 6. The normalized spacial score (nSPS) is 32.0. The lowest BCUT2D eigenvalue weighted by Gasteiger charge is -2.43. The number of rotatable bonds is 2. The van der Waals surface area contributed by atoms with Crippen molar-refractivity contribution in [3.63, 3.8) is 0 Å². The molecule has 2 unspecified atom stereocenters. The maximum atomic E-state index is 12.3. The Hall–Kier alpha value is -0.990. The highest BCUT2D eigenvalue weighted by molar-refractivity contribution is 5.93. The summed E-state index contributed by atoms with van der Waals surface area (Å²) in [4.78, 5) is 12.3. The predicted molar refractivity (Wildman–Crippen MR) is 80.7 cm³/mol. The van der Waals surface area contributed by atoms with E-state index in [9.17, 15) is 15.0 Å². The number of amides is 1. The average Bonchev–Trinajstić information content (AvgIpc) is 2.68. The molecule has 1 aliphatic carbocycles. The Morgan fingerprint density at radius 1 is 1.09 bits per heavy atom. The zero-order valence-electron chi connectivity index (χ0n) is 12.9. The largest absolute Gasteiger partial charge is 0.377 e. The van der Waals surface area contributed by atoms with Crippen LogP contribution in [0.2, 0.25) is 0 Å². The second kappa shape index (κ2) is 7.06. The van der Waals surface area contributed by atoms with Gasteiger partial charge >= 0.3 is 0 Å². The summed E-state index contributed by atoms with van der Waals surface area (Å²) in [6.07, 6.45) is 6.87. The second-order valence-corrected chi connectivity index (χ2v) is 6.26. The molecule has 7 heteroatoms. The van der Waals surface area contributed by atoms with Gasteiger partial charge in [-0.2, -0.15) is 10.0 Å². The molecule has 2 saturated heterocycles. The molecule has 7 nitrogen and oxygen atoms in total. The molecule has 0 aromatic rings. The van der Waals surface area contributed by atoms with Gasteiger partial charge in [0.15, 0.2) is 6.35 Å². The van der Waals surface area contributed by atoms with Gasteiger partial charge < -0.3 is 10.2 Å². The van der Waals surface area contributed by atoms with Gasteiger partial charge in [0.1, 0.15) is 6.23 Å². The quantitative estimate of drug-likeness (QED) is 0.673. The van der Waals surface area contributed by atoms with Gasteiger partial charge in [-0.1, -0.05) is 6.08 Å². The van der Waals surface area contributed by atoms with Crippen LogP contribution in [0.5, 0.6) is 0 Å². The topological polar surface area (TPSA) is 79.3 Å². The van der Waals surface area contributed by atoms with Gasteiger partial charge in [-0.15, -0.1) is 0 Å². The second-order valence-electron chi connectivity index (χ2n) is 6.26. The molecule has 1 amide bonds. The summed E-state index contributed by atoms with van der Waals surface area (Å²) in [7, 11) is 0. The van der Waals surface area contributed by atoms with Crippen molar-refractivity contribution in [1.82, 2.24) is 20.5 Å². The van der Waals surface area contributed by atoms with Crippen molar-refractivity contribution < 1.29 is 15.0 Å². The Balaban J connectivity index is 1.67. The SMILES string of the molecule is O=C(NN1CCC(O)N2CCCCN2C1O)C1=CCCCC1. The van der Waals surface area contributed by atoms with Crippen molar-refractivity contribution in [2.45, 2.75) is 57.5 Å².